The summed E-state index contributed by atoms with van der Waals surface area (Å²) < 4.78 is 47.9. The quantitative estimate of drug-likeness (QED) is 0.755. The van der Waals surface area contributed by atoms with Gasteiger partial charge in [0.1, 0.15) is 5.82 Å². The first kappa shape index (κ1) is 19.7. The average Bonchev–Trinajstić information content (AvgIpc) is 3.04. The molecule has 7 heteroatoms. The van der Waals surface area contributed by atoms with Crippen molar-refractivity contribution in [3.8, 4) is 0 Å². The Morgan fingerprint density at radius 1 is 1.27 bits per heavy atom. The van der Waals surface area contributed by atoms with Crippen LogP contribution in [-0.4, -0.2) is 68.8 Å². The summed E-state index contributed by atoms with van der Waals surface area (Å²) in [7, 11) is 0.373. The SMILES string of the molecule is CN(C)CC1COC2(CCCC2)CN1S(=O)(=O)CCc1ccccc1F. The monoisotopic (exact) mass is 384 g/mol. The maximum absolute atomic E-state index is 13.9. The highest BCUT2D eigenvalue weighted by atomic mass is 32.2. The fourth-order valence-corrected chi connectivity index (χ4v) is 5.81. The first-order chi connectivity index (χ1) is 12.3. The smallest absolute Gasteiger partial charge is 0.214 e. The first-order valence-electron chi connectivity index (χ1n) is 9.33. The number of benzene rings is 1. The first-order valence-corrected chi connectivity index (χ1v) is 10.9. The van der Waals surface area contributed by atoms with Crippen molar-refractivity contribution in [2.75, 3.05) is 39.5 Å². The average molecular weight is 385 g/mol. The van der Waals surface area contributed by atoms with Gasteiger partial charge in [0, 0.05) is 13.1 Å². The van der Waals surface area contributed by atoms with Crippen molar-refractivity contribution in [1.82, 2.24) is 9.21 Å². The van der Waals surface area contributed by atoms with Crippen LogP contribution in [0, 0.1) is 5.82 Å². The molecule has 0 aromatic heterocycles. The van der Waals surface area contributed by atoms with Gasteiger partial charge in [-0.3, -0.25) is 0 Å². The molecule has 1 aliphatic heterocycles. The van der Waals surface area contributed by atoms with E-state index in [1.165, 1.54) is 6.07 Å². The molecule has 1 spiro atoms. The molecule has 1 aliphatic carbocycles. The van der Waals surface area contributed by atoms with Gasteiger partial charge >= 0.3 is 0 Å². The van der Waals surface area contributed by atoms with Gasteiger partial charge in [0.15, 0.2) is 0 Å². The highest BCUT2D eigenvalue weighted by molar-refractivity contribution is 7.89. The van der Waals surface area contributed by atoms with Gasteiger partial charge in [-0.05, 0) is 45.0 Å². The van der Waals surface area contributed by atoms with Crippen LogP contribution in [0.25, 0.3) is 0 Å². The molecule has 1 saturated carbocycles. The van der Waals surface area contributed by atoms with Crippen molar-refractivity contribution in [2.24, 2.45) is 0 Å². The van der Waals surface area contributed by atoms with Crippen LogP contribution in [0.3, 0.4) is 0 Å². The molecule has 0 amide bonds. The maximum atomic E-state index is 13.9. The van der Waals surface area contributed by atoms with E-state index in [1.54, 1.807) is 22.5 Å². The number of nitrogens with zero attached hydrogens (tertiary/aromatic N) is 2. The lowest BCUT2D eigenvalue weighted by Gasteiger charge is -2.45. The number of halogens is 1. The molecule has 5 nitrogen and oxygen atoms in total. The van der Waals surface area contributed by atoms with Crippen molar-refractivity contribution in [3.63, 3.8) is 0 Å². The summed E-state index contributed by atoms with van der Waals surface area (Å²) >= 11 is 0. The van der Waals surface area contributed by atoms with Gasteiger partial charge in [-0.2, -0.15) is 4.31 Å². The molecular weight excluding hydrogens is 355 g/mol. The summed E-state index contributed by atoms with van der Waals surface area (Å²) in [5, 5.41) is 0. The molecule has 2 fully saturated rings. The number of hydrogen-bond donors (Lipinski definition) is 0. The van der Waals surface area contributed by atoms with Crippen molar-refractivity contribution in [2.45, 2.75) is 43.7 Å². The van der Waals surface area contributed by atoms with E-state index < -0.39 is 10.0 Å². The predicted octanol–water partition coefficient (Wildman–Crippen LogP) is 2.27. The van der Waals surface area contributed by atoms with Crippen LogP contribution in [0.1, 0.15) is 31.2 Å². The van der Waals surface area contributed by atoms with E-state index in [9.17, 15) is 12.8 Å². The van der Waals surface area contributed by atoms with Crippen molar-refractivity contribution >= 4 is 10.0 Å². The maximum Gasteiger partial charge on any atom is 0.214 e. The number of ether oxygens (including phenoxy) is 1. The zero-order valence-electron chi connectivity index (χ0n) is 15.7. The van der Waals surface area contributed by atoms with Crippen molar-refractivity contribution < 1.29 is 17.5 Å². The molecule has 1 heterocycles. The Labute approximate surface area is 156 Å². The lowest BCUT2D eigenvalue weighted by molar-refractivity contribution is -0.109. The molecule has 1 aromatic rings. The molecule has 26 heavy (non-hydrogen) atoms. The number of likely N-dealkylation sites (N-methyl/N-ethyl adjacent to an activating group) is 1. The summed E-state index contributed by atoms with van der Waals surface area (Å²) in [5.74, 6) is -0.421. The second-order valence-corrected chi connectivity index (χ2v) is 9.86. The lowest BCUT2D eigenvalue weighted by atomic mass is 9.99. The summed E-state index contributed by atoms with van der Waals surface area (Å²) in [4.78, 5) is 1.99. The molecule has 0 bridgehead atoms. The molecule has 146 valence electrons. The largest absolute Gasteiger partial charge is 0.372 e. The lowest BCUT2D eigenvalue weighted by Crippen LogP contribution is -2.60. The van der Waals surface area contributed by atoms with Gasteiger partial charge in [-0.1, -0.05) is 31.0 Å². The van der Waals surface area contributed by atoms with Crippen LogP contribution in [0.2, 0.25) is 0 Å². The minimum atomic E-state index is -3.50. The van der Waals surface area contributed by atoms with E-state index >= 15 is 0 Å². The molecule has 0 radical (unpaired) electrons. The Balaban J connectivity index is 1.77. The van der Waals surface area contributed by atoms with Crippen LogP contribution in [-0.2, 0) is 21.2 Å². The van der Waals surface area contributed by atoms with Crippen LogP contribution in [0.15, 0.2) is 24.3 Å². The number of sulfonamides is 1. The van der Waals surface area contributed by atoms with Gasteiger partial charge in [-0.25, -0.2) is 12.8 Å². The normalized spacial score (nSPS) is 23.8. The van der Waals surface area contributed by atoms with Gasteiger partial charge in [0.05, 0.1) is 24.0 Å². The predicted molar refractivity (Wildman–Crippen MR) is 100 cm³/mol. The fourth-order valence-electron chi connectivity index (χ4n) is 4.08. The van der Waals surface area contributed by atoms with E-state index in [2.05, 4.69) is 0 Å². The molecule has 1 aromatic carbocycles. The fraction of sp³-hybridized carbons (Fsp3) is 0.684. The van der Waals surface area contributed by atoms with Crippen LogP contribution in [0.5, 0.6) is 0 Å². The minimum absolute atomic E-state index is 0.0755. The summed E-state index contributed by atoms with van der Waals surface area (Å²) in [6.07, 6.45) is 4.19. The molecule has 3 rings (SSSR count). The standard InChI is InChI=1S/C19H29FN2O3S/c1-21(2)13-17-14-25-19(10-5-6-11-19)15-22(17)26(23,24)12-9-16-7-3-4-8-18(16)20/h3-4,7-8,17H,5-6,9-15H2,1-2H3. The van der Waals surface area contributed by atoms with Crippen LogP contribution < -0.4 is 0 Å². The summed E-state index contributed by atoms with van der Waals surface area (Å²) in [5.41, 5.74) is 0.123. The highest BCUT2D eigenvalue weighted by Gasteiger charge is 2.46. The van der Waals surface area contributed by atoms with Gasteiger partial charge in [0.2, 0.25) is 10.0 Å². The topological polar surface area (TPSA) is 49.9 Å². The second-order valence-electron chi connectivity index (χ2n) is 7.82. The highest BCUT2D eigenvalue weighted by Crippen LogP contribution is 2.38. The van der Waals surface area contributed by atoms with Gasteiger partial charge in [-0.15, -0.1) is 0 Å². The van der Waals surface area contributed by atoms with E-state index in [-0.39, 0.29) is 29.6 Å². The summed E-state index contributed by atoms with van der Waals surface area (Å²) in [6, 6.07) is 6.19. The zero-order valence-corrected chi connectivity index (χ0v) is 16.5. The zero-order chi connectivity index (χ0) is 18.8. The number of rotatable bonds is 6. The van der Waals surface area contributed by atoms with E-state index in [4.69, 9.17) is 4.74 Å². The van der Waals surface area contributed by atoms with Crippen molar-refractivity contribution in [3.05, 3.63) is 35.6 Å². The Morgan fingerprint density at radius 2 is 1.96 bits per heavy atom. The van der Waals surface area contributed by atoms with E-state index in [0.29, 0.717) is 25.3 Å². The molecule has 1 atom stereocenters. The Morgan fingerprint density at radius 3 is 2.62 bits per heavy atom. The molecule has 2 aliphatic rings. The number of morpholine rings is 1. The van der Waals surface area contributed by atoms with E-state index in [0.717, 1.165) is 25.7 Å². The minimum Gasteiger partial charge on any atom is -0.372 e. The molecular formula is C19H29FN2O3S. The third kappa shape index (κ3) is 4.44. The van der Waals surface area contributed by atoms with Gasteiger partial charge in [0.25, 0.3) is 0 Å². The van der Waals surface area contributed by atoms with Crippen LogP contribution >= 0.6 is 0 Å². The number of hydrogen-bond acceptors (Lipinski definition) is 4. The third-order valence-electron chi connectivity index (χ3n) is 5.47. The van der Waals surface area contributed by atoms with Crippen LogP contribution in [0.4, 0.5) is 4.39 Å². The van der Waals surface area contributed by atoms with Crippen molar-refractivity contribution in [1.29, 1.82) is 0 Å². The number of aryl methyl sites for hydroxylation is 1. The molecule has 1 unspecified atom stereocenters. The Kier molecular flexibility index (Phi) is 6.01. The summed E-state index contributed by atoms with van der Waals surface area (Å²) in [6.45, 7) is 1.47. The van der Waals surface area contributed by atoms with E-state index in [1.807, 2.05) is 19.0 Å². The second kappa shape index (κ2) is 7.92. The third-order valence-corrected chi connectivity index (χ3v) is 7.33. The van der Waals surface area contributed by atoms with Gasteiger partial charge < -0.3 is 9.64 Å². The molecule has 0 N–H and O–H groups in total. The Hall–Kier alpha value is -1.02. The molecule has 1 saturated heterocycles. The Bertz CT molecular complexity index is 717.